The van der Waals surface area contributed by atoms with Crippen molar-refractivity contribution in [3.05, 3.63) is 35.4 Å². The molecule has 0 spiro atoms. The molecule has 0 bridgehead atoms. The average Bonchev–Trinajstić information content (AvgIpc) is 2.86. The molecule has 0 atom stereocenters. The summed E-state index contributed by atoms with van der Waals surface area (Å²) in [6.07, 6.45) is 1.04. The highest BCUT2D eigenvalue weighted by molar-refractivity contribution is 5.96. The highest BCUT2D eigenvalue weighted by Crippen LogP contribution is 2.10. The summed E-state index contributed by atoms with van der Waals surface area (Å²) in [7, 11) is 1.86. The van der Waals surface area contributed by atoms with Crippen LogP contribution in [0.25, 0.3) is 0 Å². The molecule has 0 aliphatic rings. The molecule has 0 saturated carbocycles. The second-order valence-electron chi connectivity index (χ2n) is 8.49. The van der Waals surface area contributed by atoms with Crippen molar-refractivity contribution < 1.29 is 43.2 Å². The third-order valence-corrected chi connectivity index (χ3v) is 4.98. The number of aliphatic carboxylic acids is 1. The first-order valence-corrected chi connectivity index (χ1v) is 12.4. The van der Waals surface area contributed by atoms with Gasteiger partial charge in [-0.3, -0.25) is 19.2 Å². The van der Waals surface area contributed by atoms with Crippen LogP contribution in [-0.4, -0.2) is 106 Å². The minimum absolute atomic E-state index is 0.0369. The maximum Gasteiger partial charge on any atom is 0.304 e. The standard InChI is InChI=1S/C26H40N2O9/c1-21(29)19-36-16-15-35-13-10-27-25(31)20-37-17-14-34-12-3-4-24(30)23-7-5-22(6-8-23)18-28(2)11-9-26(32)33/h5-8H,3-4,9-20H2,1-2H3,(H,27,31)(H,32,33). The van der Waals surface area contributed by atoms with Gasteiger partial charge in [0.1, 0.15) is 13.2 Å². The Morgan fingerprint density at radius 2 is 1.46 bits per heavy atom. The Labute approximate surface area is 218 Å². The lowest BCUT2D eigenvalue weighted by Gasteiger charge is -2.15. The Morgan fingerprint density at radius 3 is 2.11 bits per heavy atom. The van der Waals surface area contributed by atoms with E-state index < -0.39 is 5.97 Å². The van der Waals surface area contributed by atoms with E-state index in [1.165, 1.54) is 6.92 Å². The van der Waals surface area contributed by atoms with Crippen LogP contribution in [0.2, 0.25) is 0 Å². The van der Waals surface area contributed by atoms with Crippen LogP contribution in [-0.2, 0) is 39.9 Å². The van der Waals surface area contributed by atoms with Crippen molar-refractivity contribution in [2.24, 2.45) is 0 Å². The van der Waals surface area contributed by atoms with Crippen LogP contribution in [0.1, 0.15) is 42.1 Å². The topological polar surface area (TPSA) is 141 Å². The van der Waals surface area contributed by atoms with Crippen molar-refractivity contribution in [3.63, 3.8) is 0 Å². The van der Waals surface area contributed by atoms with E-state index in [0.29, 0.717) is 71.1 Å². The normalized spacial score (nSPS) is 11.0. The van der Waals surface area contributed by atoms with Crippen LogP contribution in [0.5, 0.6) is 0 Å². The molecule has 0 saturated heterocycles. The molecule has 11 nitrogen and oxygen atoms in total. The second-order valence-corrected chi connectivity index (χ2v) is 8.49. The molecule has 37 heavy (non-hydrogen) atoms. The van der Waals surface area contributed by atoms with Crippen LogP contribution in [0.3, 0.4) is 0 Å². The van der Waals surface area contributed by atoms with Crippen LogP contribution in [0, 0.1) is 0 Å². The zero-order valence-electron chi connectivity index (χ0n) is 21.9. The first-order chi connectivity index (χ1) is 17.8. The van der Waals surface area contributed by atoms with Gasteiger partial charge in [0, 0.05) is 38.2 Å². The third kappa shape index (κ3) is 18.2. The van der Waals surface area contributed by atoms with E-state index in [9.17, 15) is 19.2 Å². The zero-order chi connectivity index (χ0) is 27.3. The Bertz CT molecular complexity index is 815. The predicted octanol–water partition coefficient (Wildman–Crippen LogP) is 1.33. The van der Waals surface area contributed by atoms with Crippen molar-refractivity contribution in [2.45, 2.75) is 32.7 Å². The maximum absolute atomic E-state index is 12.3. The van der Waals surface area contributed by atoms with E-state index in [-0.39, 0.29) is 43.7 Å². The average molecular weight is 525 g/mol. The highest BCUT2D eigenvalue weighted by atomic mass is 16.5. The van der Waals surface area contributed by atoms with Gasteiger partial charge in [-0.15, -0.1) is 0 Å². The Hall–Kier alpha value is -2.70. The highest BCUT2D eigenvalue weighted by Gasteiger charge is 2.08. The fraction of sp³-hybridized carbons (Fsp3) is 0.615. The molecule has 0 aliphatic heterocycles. The van der Waals surface area contributed by atoms with Gasteiger partial charge in [-0.25, -0.2) is 0 Å². The molecule has 208 valence electrons. The van der Waals surface area contributed by atoms with Crippen molar-refractivity contribution in [2.75, 3.05) is 73.0 Å². The Morgan fingerprint density at radius 1 is 0.838 bits per heavy atom. The molecular formula is C26H40N2O9. The monoisotopic (exact) mass is 524 g/mol. The summed E-state index contributed by atoms with van der Waals surface area (Å²) in [5.41, 5.74) is 1.65. The summed E-state index contributed by atoms with van der Waals surface area (Å²) in [5.74, 6) is -1.07. The maximum atomic E-state index is 12.3. The summed E-state index contributed by atoms with van der Waals surface area (Å²) < 4.78 is 21.0. The van der Waals surface area contributed by atoms with Gasteiger partial charge in [0.2, 0.25) is 5.91 Å². The summed E-state index contributed by atoms with van der Waals surface area (Å²) >= 11 is 0. The molecule has 1 amide bonds. The van der Waals surface area contributed by atoms with Crippen molar-refractivity contribution in [1.82, 2.24) is 10.2 Å². The number of ether oxygens (including phenoxy) is 4. The van der Waals surface area contributed by atoms with Gasteiger partial charge in [-0.05, 0) is 26.0 Å². The number of Topliss-reactive ketones (excluding diaryl/α,β-unsaturated/α-hetero) is 2. The number of carboxylic acid groups (broad SMARTS) is 1. The van der Waals surface area contributed by atoms with Crippen molar-refractivity contribution in [1.29, 1.82) is 0 Å². The first-order valence-electron chi connectivity index (χ1n) is 12.4. The molecule has 11 heteroatoms. The molecule has 0 radical (unpaired) electrons. The molecule has 1 aromatic carbocycles. The number of hydrogen-bond acceptors (Lipinski definition) is 9. The van der Waals surface area contributed by atoms with Gasteiger partial charge in [0.25, 0.3) is 0 Å². The summed E-state index contributed by atoms with van der Waals surface area (Å²) in [6.45, 7) is 4.93. The minimum Gasteiger partial charge on any atom is -0.481 e. The van der Waals surface area contributed by atoms with E-state index in [0.717, 1.165) is 5.56 Å². The number of carboxylic acids is 1. The molecule has 0 aliphatic carbocycles. The van der Waals surface area contributed by atoms with Crippen LogP contribution in [0.15, 0.2) is 24.3 Å². The van der Waals surface area contributed by atoms with Gasteiger partial charge in [-0.2, -0.15) is 0 Å². The molecule has 0 heterocycles. The number of rotatable bonds is 23. The Kier molecular flexibility index (Phi) is 17.8. The lowest BCUT2D eigenvalue weighted by molar-refractivity contribution is -0.137. The molecule has 0 aromatic heterocycles. The van der Waals surface area contributed by atoms with E-state index in [4.69, 9.17) is 24.1 Å². The number of carbonyl (C=O) groups excluding carboxylic acids is 3. The molecule has 0 fully saturated rings. The predicted molar refractivity (Wildman–Crippen MR) is 136 cm³/mol. The van der Waals surface area contributed by atoms with Gasteiger partial charge in [0.05, 0.1) is 39.5 Å². The quantitative estimate of drug-likeness (QED) is 0.159. The number of nitrogens with one attached hydrogen (secondary N) is 1. The molecule has 1 rings (SSSR count). The Balaban J connectivity index is 2.00. The van der Waals surface area contributed by atoms with Gasteiger partial charge in [0.15, 0.2) is 11.6 Å². The lowest BCUT2D eigenvalue weighted by atomic mass is 10.0. The van der Waals surface area contributed by atoms with E-state index >= 15 is 0 Å². The zero-order valence-corrected chi connectivity index (χ0v) is 21.9. The number of amides is 1. The first kappa shape index (κ1) is 32.3. The third-order valence-electron chi connectivity index (χ3n) is 4.98. The number of benzene rings is 1. The minimum atomic E-state index is -0.823. The van der Waals surface area contributed by atoms with Crippen LogP contribution in [0.4, 0.5) is 0 Å². The number of hydrogen-bond donors (Lipinski definition) is 2. The van der Waals surface area contributed by atoms with E-state index in [1.807, 2.05) is 24.1 Å². The largest absolute Gasteiger partial charge is 0.481 e. The van der Waals surface area contributed by atoms with Gasteiger partial charge >= 0.3 is 5.97 Å². The molecule has 1 aromatic rings. The summed E-state index contributed by atoms with van der Waals surface area (Å²) in [4.78, 5) is 47.3. The summed E-state index contributed by atoms with van der Waals surface area (Å²) in [5, 5.41) is 11.4. The second kappa shape index (κ2) is 20.4. The number of ketones is 2. The van der Waals surface area contributed by atoms with Crippen LogP contribution >= 0.6 is 0 Å². The molecule has 2 N–H and O–H groups in total. The fourth-order valence-electron chi connectivity index (χ4n) is 3.09. The van der Waals surface area contributed by atoms with Gasteiger partial charge in [-0.1, -0.05) is 24.3 Å². The SMILES string of the molecule is CC(=O)COCCOCCNC(=O)COCCOCCCC(=O)c1ccc(CN(C)CCC(=O)O)cc1. The van der Waals surface area contributed by atoms with Crippen LogP contribution < -0.4 is 5.32 Å². The lowest BCUT2D eigenvalue weighted by Crippen LogP contribution is -2.31. The van der Waals surface area contributed by atoms with E-state index in [1.54, 1.807) is 12.1 Å². The fourth-order valence-corrected chi connectivity index (χ4v) is 3.09. The van der Waals surface area contributed by atoms with Gasteiger partial charge < -0.3 is 34.3 Å². The van der Waals surface area contributed by atoms with Crippen molar-refractivity contribution in [3.8, 4) is 0 Å². The number of carbonyl (C=O) groups is 4. The van der Waals surface area contributed by atoms with Crippen molar-refractivity contribution >= 4 is 23.4 Å². The molecular weight excluding hydrogens is 484 g/mol. The molecule has 0 unspecified atom stereocenters. The smallest absolute Gasteiger partial charge is 0.304 e. The number of nitrogens with zero attached hydrogens (tertiary/aromatic N) is 1. The summed E-state index contributed by atoms with van der Waals surface area (Å²) in [6, 6.07) is 7.35. The van der Waals surface area contributed by atoms with E-state index in [2.05, 4.69) is 5.32 Å².